The second kappa shape index (κ2) is 8.17. The molecule has 3 N–H and O–H groups in total. The third kappa shape index (κ3) is 4.61. The average Bonchev–Trinajstić information content (AvgIpc) is 3.47. The van der Waals surface area contributed by atoms with Crippen LogP contribution in [-0.2, 0) is 4.84 Å². The highest BCUT2D eigenvalue weighted by atomic mass is 127. The molecule has 28 heavy (non-hydrogen) atoms. The van der Waals surface area contributed by atoms with Crippen LogP contribution in [0, 0.1) is 26.9 Å². The number of nitrogens with one attached hydrogen (secondary N) is 2. The van der Waals surface area contributed by atoms with Gasteiger partial charge in [0.15, 0.2) is 17.4 Å². The van der Waals surface area contributed by atoms with Crippen LogP contribution in [0.2, 0.25) is 0 Å². The molecule has 0 spiro atoms. The number of aliphatic hydroxyl groups is 1. The first-order chi connectivity index (χ1) is 13.1. The maximum atomic E-state index is 14.5. The van der Waals surface area contributed by atoms with Crippen molar-refractivity contribution >= 4 is 55.8 Å². The van der Waals surface area contributed by atoms with Crippen LogP contribution in [-0.4, -0.2) is 16.8 Å². The molecule has 2 aromatic rings. The Morgan fingerprint density at radius 3 is 2.57 bits per heavy atom. The second-order valence-corrected chi connectivity index (χ2v) is 8.62. The number of rotatable bonds is 6. The average molecular weight is 571 g/mol. The lowest BCUT2D eigenvalue weighted by Gasteiger charge is -2.23. The van der Waals surface area contributed by atoms with Crippen molar-refractivity contribution in [1.82, 2.24) is 5.48 Å². The van der Waals surface area contributed by atoms with Crippen molar-refractivity contribution in [3.8, 4) is 0 Å². The maximum Gasteiger partial charge on any atom is 0.277 e. The third-order valence-electron chi connectivity index (χ3n) is 4.28. The van der Waals surface area contributed by atoms with E-state index in [0.29, 0.717) is 3.57 Å². The molecule has 0 aliphatic heterocycles. The van der Waals surface area contributed by atoms with Crippen molar-refractivity contribution in [2.75, 3.05) is 5.32 Å². The number of benzene rings is 2. The molecule has 2 aromatic carbocycles. The molecule has 1 saturated carbocycles. The minimum Gasteiger partial charge on any atom is -0.364 e. The van der Waals surface area contributed by atoms with Gasteiger partial charge in [0.1, 0.15) is 5.82 Å². The van der Waals surface area contributed by atoms with Crippen molar-refractivity contribution in [3.05, 3.63) is 55.3 Å². The Balaban J connectivity index is 1.92. The zero-order chi connectivity index (χ0) is 20.6. The summed E-state index contributed by atoms with van der Waals surface area (Å²) in [4.78, 5) is 17.6. The standard InChI is InChI=1S/C18H15BrF3IN2O3/c1-18(27,8-2-3-8)28-25-17(26)10-7-11(19)14(21)15(22)16(10)24-13-5-4-9(23)6-12(13)20/h4-8,24,27H,2-3H2,1H3,(H,25,26). The van der Waals surface area contributed by atoms with Crippen LogP contribution >= 0.6 is 38.5 Å². The summed E-state index contributed by atoms with van der Waals surface area (Å²) in [6.07, 6.45) is 1.50. The Morgan fingerprint density at radius 1 is 1.29 bits per heavy atom. The van der Waals surface area contributed by atoms with Gasteiger partial charge in [-0.3, -0.25) is 4.79 Å². The first-order valence-electron chi connectivity index (χ1n) is 8.20. The minimum atomic E-state index is -1.58. The topological polar surface area (TPSA) is 70.6 Å². The number of hydrogen-bond donors (Lipinski definition) is 3. The molecule has 10 heteroatoms. The van der Waals surface area contributed by atoms with Crippen LogP contribution in [0.3, 0.4) is 0 Å². The molecule has 0 saturated heterocycles. The molecule has 1 aliphatic carbocycles. The van der Waals surface area contributed by atoms with Crippen LogP contribution in [0.1, 0.15) is 30.1 Å². The lowest BCUT2D eigenvalue weighted by Crippen LogP contribution is -2.40. The fourth-order valence-corrected chi connectivity index (χ4v) is 3.38. The van der Waals surface area contributed by atoms with Crippen LogP contribution in [0.4, 0.5) is 24.5 Å². The van der Waals surface area contributed by atoms with Crippen LogP contribution in [0.5, 0.6) is 0 Å². The highest BCUT2D eigenvalue weighted by Crippen LogP contribution is 2.39. The maximum absolute atomic E-state index is 14.5. The summed E-state index contributed by atoms with van der Waals surface area (Å²) in [5.74, 6) is -5.95. The summed E-state index contributed by atoms with van der Waals surface area (Å²) < 4.78 is 43.0. The van der Waals surface area contributed by atoms with Gasteiger partial charge in [-0.1, -0.05) is 0 Å². The Morgan fingerprint density at radius 2 is 1.96 bits per heavy atom. The summed E-state index contributed by atoms with van der Waals surface area (Å²) in [7, 11) is 0. The Hall–Kier alpha value is -1.37. The molecule has 1 atom stereocenters. The van der Waals surface area contributed by atoms with Crippen molar-refractivity contribution < 1.29 is 27.9 Å². The van der Waals surface area contributed by atoms with E-state index in [0.717, 1.165) is 18.9 Å². The summed E-state index contributed by atoms with van der Waals surface area (Å²) >= 11 is 4.75. The largest absolute Gasteiger partial charge is 0.364 e. The molecule has 1 aliphatic rings. The van der Waals surface area contributed by atoms with E-state index in [1.165, 1.54) is 19.1 Å². The molecule has 3 rings (SSSR count). The third-order valence-corrected chi connectivity index (χ3v) is 5.53. The monoisotopic (exact) mass is 570 g/mol. The predicted molar refractivity (Wildman–Crippen MR) is 108 cm³/mol. The van der Waals surface area contributed by atoms with Gasteiger partial charge >= 0.3 is 0 Å². The first kappa shape index (κ1) is 21.3. The normalized spacial score (nSPS) is 15.8. The van der Waals surface area contributed by atoms with E-state index in [2.05, 4.69) is 26.7 Å². The summed E-state index contributed by atoms with van der Waals surface area (Å²) in [5.41, 5.74) is 1.01. The molecular formula is C18H15BrF3IN2O3. The molecular weight excluding hydrogens is 556 g/mol. The molecule has 150 valence electrons. The zero-order valence-electron chi connectivity index (χ0n) is 14.5. The van der Waals surface area contributed by atoms with Crippen LogP contribution in [0.25, 0.3) is 0 Å². The van der Waals surface area contributed by atoms with Gasteiger partial charge in [-0.25, -0.2) is 23.5 Å². The van der Waals surface area contributed by atoms with Gasteiger partial charge in [-0.2, -0.15) is 0 Å². The van der Waals surface area contributed by atoms with E-state index >= 15 is 0 Å². The minimum absolute atomic E-state index is 0.122. The number of carbonyl (C=O) groups excluding carboxylic acids is 1. The summed E-state index contributed by atoms with van der Waals surface area (Å²) in [6, 6.07) is 5.14. The summed E-state index contributed by atoms with van der Waals surface area (Å²) in [5, 5.41) is 12.5. The van der Waals surface area contributed by atoms with Gasteiger partial charge in [0.2, 0.25) is 0 Å². The van der Waals surface area contributed by atoms with Gasteiger partial charge in [-0.05, 0) is 82.6 Å². The van der Waals surface area contributed by atoms with E-state index in [1.807, 2.05) is 22.6 Å². The molecule has 0 heterocycles. The molecule has 0 aromatic heterocycles. The van der Waals surface area contributed by atoms with Crippen molar-refractivity contribution in [3.63, 3.8) is 0 Å². The van der Waals surface area contributed by atoms with Gasteiger partial charge in [0.05, 0.1) is 21.4 Å². The van der Waals surface area contributed by atoms with Crippen LogP contribution in [0.15, 0.2) is 28.7 Å². The van der Waals surface area contributed by atoms with E-state index in [1.54, 1.807) is 6.07 Å². The molecule has 1 fully saturated rings. The molecule has 0 bridgehead atoms. The molecule has 1 unspecified atom stereocenters. The Kier molecular flexibility index (Phi) is 6.23. The number of anilines is 2. The highest BCUT2D eigenvalue weighted by molar-refractivity contribution is 14.1. The number of hydrogen-bond acceptors (Lipinski definition) is 4. The number of halogens is 5. The Bertz CT molecular complexity index is 939. The van der Waals surface area contributed by atoms with E-state index in [4.69, 9.17) is 4.84 Å². The molecule has 0 radical (unpaired) electrons. The van der Waals surface area contributed by atoms with E-state index in [-0.39, 0.29) is 21.6 Å². The second-order valence-electron chi connectivity index (χ2n) is 6.52. The van der Waals surface area contributed by atoms with Gasteiger partial charge in [-0.15, -0.1) is 0 Å². The lowest BCUT2D eigenvalue weighted by atomic mass is 10.1. The SMILES string of the molecule is CC(O)(ONC(=O)c1cc(Br)c(F)c(F)c1Nc1ccc(I)cc1F)C1CC1. The highest BCUT2D eigenvalue weighted by Gasteiger charge is 2.42. The lowest BCUT2D eigenvalue weighted by molar-refractivity contribution is -0.230. The van der Waals surface area contributed by atoms with Crippen LogP contribution < -0.4 is 10.8 Å². The van der Waals surface area contributed by atoms with E-state index < -0.39 is 34.8 Å². The fraction of sp³-hybridized carbons (Fsp3) is 0.278. The van der Waals surface area contributed by atoms with Crippen molar-refractivity contribution in [2.45, 2.75) is 25.6 Å². The molecule has 5 nitrogen and oxygen atoms in total. The zero-order valence-corrected chi connectivity index (χ0v) is 18.2. The first-order valence-corrected chi connectivity index (χ1v) is 10.1. The quantitative estimate of drug-likeness (QED) is 0.198. The summed E-state index contributed by atoms with van der Waals surface area (Å²) in [6.45, 7) is 1.40. The Labute approximate surface area is 180 Å². The smallest absolute Gasteiger partial charge is 0.277 e. The van der Waals surface area contributed by atoms with E-state index in [9.17, 15) is 23.1 Å². The van der Waals surface area contributed by atoms with Gasteiger partial charge in [0, 0.05) is 9.49 Å². The van der Waals surface area contributed by atoms with Gasteiger partial charge in [0.25, 0.3) is 5.91 Å². The fourth-order valence-electron chi connectivity index (χ4n) is 2.53. The number of amides is 1. The predicted octanol–water partition coefficient (Wildman–Crippen LogP) is 4.99. The van der Waals surface area contributed by atoms with Crippen molar-refractivity contribution in [2.24, 2.45) is 5.92 Å². The van der Waals surface area contributed by atoms with Crippen molar-refractivity contribution in [1.29, 1.82) is 0 Å². The molecule has 1 amide bonds. The number of hydroxylamine groups is 1. The number of carbonyl (C=O) groups is 1. The van der Waals surface area contributed by atoms with Gasteiger partial charge < -0.3 is 10.4 Å².